The van der Waals surface area contributed by atoms with Crippen molar-refractivity contribution in [3.63, 3.8) is 0 Å². The third-order valence-corrected chi connectivity index (χ3v) is 3.49. The highest BCUT2D eigenvalue weighted by atomic mass is 35.5. The van der Waals surface area contributed by atoms with Crippen LogP contribution < -0.4 is 9.62 Å². The van der Waals surface area contributed by atoms with Crippen LogP contribution in [-0.2, 0) is 14.9 Å². The lowest BCUT2D eigenvalue weighted by Crippen LogP contribution is -2.25. The quantitative estimate of drug-likeness (QED) is 0.767. The number of benzene rings is 1. The van der Waals surface area contributed by atoms with Gasteiger partial charge < -0.3 is 9.84 Å². The highest BCUT2D eigenvalue weighted by Crippen LogP contribution is 2.31. The summed E-state index contributed by atoms with van der Waals surface area (Å²) in [5.41, 5.74) is -0.355. The Bertz CT molecular complexity index is 586. The summed E-state index contributed by atoms with van der Waals surface area (Å²) in [6.07, 6.45) is 0. The molecule has 0 aromatic heterocycles. The molecule has 0 amide bonds. The largest absolute Gasteiger partial charge is 0.494 e. The Morgan fingerprint density at radius 3 is 2.58 bits per heavy atom. The van der Waals surface area contributed by atoms with E-state index in [-0.39, 0.29) is 22.9 Å². The van der Waals surface area contributed by atoms with E-state index in [4.69, 9.17) is 21.4 Å². The number of ether oxygens (including phenoxy) is 1. The number of halogens is 1. The third kappa shape index (κ3) is 3.57. The van der Waals surface area contributed by atoms with Crippen LogP contribution in [0.3, 0.4) is 0 Å². The molecule has 1 aromatic rings. The molecule has 1 aromatic carbocycles. The van der Waals surface area contributed by atoms with Crippen LogP contribution in [0.4, 0.5) is 0 Å². The van der Waals surface area contributed by atoms with Gasteiger partial charge in [0, 0.05) is 5.02 Å². The van der Waals surface area contributed by atoms with E-state index in [0.717, 1.165) is 19.2 Å². The van der Waals surface area contributed by atoms with Crippen LogP contribution in [-0.4, -0.2) is 33.2 Å². The van der Waals surface area contributed by atoms with Gasteiger partial charge in [0.25, 0.3) is 10.0 Å². The zero-order chi connectivity index (χ0) is 14.6. The van der Waals surface area contributed by atoms with Crippen molar-refractivity contribution in [2.75, 3.05) is 13.7 Å². The predicted molar refractivity (Wildman–Crippen MR) is 66.9 cm³/mol. The minimum Gasteiger partial charge on any atom is -0.494 e. The van der Waals surface area contributed by atoms with Crippen LogP contribution >= 0.6 is 11.6 Å². The van der Waals surface area contributed by atoms with Crippen LogP contribution in [0.5, 0.6) is 5.75 Å². The smallest absolute Gasteiger partial charge is 0.339 e. The van der Waals surface area contributed by atoms with Crippen molar-refractivity contribution in [3.8, 4) is 5.75 Å². The first-order valence-corrected chi connectivity index (χ1v) is 6.94. The molecule has 0 fully saturated rings. The van der Waals surface area contributed by atoms with Crippen molar-refractivity contribution in [3.05, 3.63) is 22.7 Å². The van der Waals surface area contributed by atoms with E-state index < -0.39 is 20.9 Å². The Hall–Kier alpha value is -1.35. The Labute approximate surface area is 115 Å². The number of sulfonamides is 1. The van der Waals surface area contributed by atoms with Crippen LogP contribution in [0.25, 0.3) is 0 Å². The highest BCUT2D eigenvalue weighted by molar-refractivity contribution is 7.89. The molecule has 0 saturated heterocycles. The fourth-order valence-corrected chi connectivity index (χ4v) is 2.68. The minimum atomic E-state index is -4.09. The van der Waals surface area contributed by atoms with Crippen molar-refractivity contribution in [1.29, 1.82) is 0 Å². The van der Waals surface area contributed by atoms with E-state index in [9.17, 15) is 13.2 Å². The molecule has 1 rings (SSSR count). The predicted octanol–water partition coefficient (Wildman–Crippen LogP) is 1.28. The molecule has 106 valence electrons. The topological polar surface area (TPSA) is 102 Å². The molecule has 0 aliphatic rings. The molecule has 0 heterocycles. The van der Waals surface area contributed by atoms with E-state index in [1.54, 1.807) is 6.92 Å². The normalized spacial score (nSPS) is 11.3. The standard InChI is InChI=1S/C10H12ClNO6S/c1-3-18-12-19(15,16)8-5-6(11)4-7(10(13)14)9(8)17-2/h4-5,12H,3H2,1-2H3,(H,13,14). The van der Waals surface area contributed by atoms with E-state index in [1.165, 1.54) is 0 Å². The Kier molecular flexibility index (Phi) is 5.12. The van der Waals surface area contributed by atoms with E-state index in [2.05, 4.69) is 4.84 Å². The summed E-state index contributed by atoms with van der Waals surface area (Å²) in [4.78, 5) is 17.1. The summed E-state index contributed by atoms with van der Waals surface area (Å²) in [5, 5.41) is 8.96. The second kappa shape index (κ2) is 6.20. The summed E-state index contributed by atoms with van der Waals surface area (Å²) in [6.45, 7) is 1.69. The summed E-state index contributed by atoms with van der Waals surface area (Å²) in [6, 6.07) is 2.18. The number of rotatable bonds is 6. The van der Waals surface area contributed by atoms with Crippen molar-refractivity contribution >= 4 is 27.6 Å². The number of carbonyl (C=O) groups is 1. The number of carboxylic acids is 1. The number of hydrogen-bond acceptors (Lipinski definition) is 5. The molecule has 0 aliphatic heterocycles. The molecular weight excluding hydrogens is 298 g/mol. The lowest BCUT2D eigenvalue weighted by Gasteiger charge is -2.12. The molecule has 0 atom stereocenters. The number of nitrogens with one attached hydrogen (secondary N) is 1. The second-order valence-electron chi connectivity index (χ2n) is 3.31. The molecule has 7 nitrogen and oxygen atoms in total. The number of hydrogen-bond donors (Lipinski definition) is 2. The SMILES string of the molecule is CCONS(=O)(=O)c1cc(Cl)cc(C(=O)O)c1OC. The molecular formula is C10H12ClNO6S. The number of methoxy groups -OCH3 is 1. The van der Waals surface area contributed by atoms with Crippen molar-refractivity contribution < 1.29 is 27.9 Å². The van der Waals surface area contributed by atoms with E-state index >= 15 is 0 Å². The van der Waals surface area contributed by atoms with E-state index in [1.807, 2.05) is 4.89 Å². The van der Waals surface area contributed by atoms with Gasteiger partial charge in [0.2, 0.25) is 0 Å². The lowest BCUT2D eigenvalue weighted by atomic mass is 10.2. The molecule has 9 heteroatoms. The summed E-state index contributed by atoms with van der Waals surface area (Å²) < 4.78 is 28.7. The molecule has 0 saturated carbocycles. The molecule has 0 bridgehead atoms. The third-order valence-electron chi connectivity index (χ3n) is 2.06. The highest BCUT2D eigenvalue weighted by Gasteiger charge is 2.25. The zero-order valence-corrected chi connectivity index (χ0v) is 11.7. The summed E-state index contributed by atoms with van der Waals surface area (Å²) in [5.74, 6) is -1.67. The van der Waals surface area contributed by atoms with Gasteiger partial charge in [0.15, 0.2) is 5.75 Å². The number of carboxylic acid groups (broad SMARTS) is 1. The van der Waals surface area contributed by atoms with Crippen LogP contribution in [0.2, 0.25) is 5.02 Å². The maximum Gasteiger partial charge on any atom is 0.339 e. The monoisotopic (exact) mass is 309 g/mol. The van der Waals surface area contributed by atoms with Gasteiger partial charge in [-0.05, 0) is 19.1 Å². The molecule has 0 spiro atoms. The summed E-state index contributed by atoms with van der Waals surface area (Å²) in [7, 11) is -2.93. The fourth-order valence-electron chi connectivity index (χ4n) is 1.32. The Balaban J connectivity index is 3.46. The summed E-state index contributed by atoms with van der Waals surface area (Å²) >= 11 is 5.71. The first-order chi connectivity index (χ1) is 8.83. The fraction of sp³-hybridized carbons (Fsp3) is 0.300. The second-order valence-corrected chi connectivity index (χ2v) is 5.36. The van der Waals surface area contributed by atoms with E-state index in [0.29, 0.717) is 0 Å². The maximum absolute atomic E-state index is 11.9. The van der Waals surface area contributed by atoms with Gasteiger partial charge in [0.1, 0.15) is 10.5 Å². The first-order valence-electron chi connectivity index (χ1n) is 5.08. The Morgan fingerprint density at radius 2 is 2.11 bits per heavy atom. The molecule has 0 unspecified atom stereocenters. The first kappa shape index (κ1) is 15.7. The van der Waals surface area contributed by atoms with Gasteiger partial charge in [-0.2, -0.15) is 0 Å². The van der Waals surface area contributed by atoms with Crippen LogP contribution in [0.15, 0.2) is 17.0 Å². The van der Waals surface area contributed by atoms with Gasteiger partial charge in [-0.15, -0.1) is 0 Å². The average Bonchev–Trinajstić information content (AvgIpc) is 2.35. The van der Waals surface area contributed by atoms with Gasteiger partial charge in [0.05, 0.1) is 13.7 Å². The van der Waals surface area contributed by atoms with Gasteiger partial charge in [-0.3, -0.25) is 4.84 Å². The van der Waals surface area contributed by atoms with Gasteiger partial charge >= 0.3 is 5.97 Å². The van der Waals surface area contributed by atoms with Gasteiger partial charge in [-0.1, -0.05) is 16.5 Å². The lowest BCUT2D eigenvalue weighted by molar-refractivity contribution is 0.0692. The maximum atomic E-state index is 11.9. The van der Waals surface area contributed by atoms with Crippen molar-refractivity contribution in [2.24, 2.45) is 0 Å². The number of aromatic carboxylic acids is 1. The molecule has 0 aliphatic carbocycles. The minimum absolute atomic E-state index is 0.0462. The average molecular weight is 310 g/mol. The van der Waals surface area contributed by atoms with Crippen molar-refractivity contribution in [1.82, 2.24) is 4.89 Å². The van der Waals surface area contributed by atoms with Gasteiger partial charge in [-0.25, -0.2) is 13.2 Å². The Morgan fingerprint density at radius 1 is 1.47 bits per heavy atom. The molecule has 19 heavy (non-hydrogen) atoms. The molecule has 2 N–H and O–H groups in total. The van der Waals surface area contributed by atoms with Crippen LogP contribution in [0, 0.1) is 0 Å². The van der Waals surface area contributed by atoms with Crippen LogP contribution in [0.1, 0.15) is 17.3 Å². The zero-order valence-electron chi connectivity index (χ0n) is 10.1. The molecule has 0 radical (unpaired) electrons. The van der Waals surface area contributed by atoms with Crippen molar-refractivity contribution in [2.45, 2.75) is 11.8 Å².